The Balaban J connectivity index is 2.14. The highest BCUT2D eigenvalue weighted by molar-refractivity contribution is 5.52. The van der Waals surface area contributed by atoms with Gasteiger partial charge in [0.15, 0.2) is 0 Å². The molecule has 0 atom stereocenters. The zero-order valence-electron chi connectivity index (χ0n) is 9.89. The first-order valence-corrected chi connectivity index (χ1v) is 6.13. The van der Waals surface area contributed by atoms with Gasteiger partial charge in [-0.25, -0.2) is 0 Å². The summed E-state index contributed by atoms with van der Waals surface area (Å²) in [4.78, 5) is 6.46. The van der Waals surface area contributed by atoms with Gasteiger partial charge in [0.2, 0.25) is 0 Å². The number of aromatic nitrogens is 1. The molecule has 0 bridgehead atoms. The van der Waals surface area contributed by atoms with Crippen molar-refractivity contribution in [2.75, 3.05) is 18.0 Å². The van der Waals surface area contributed by atoms with E-state index in [4.69, 9.17) is 0 Å². The van der Waals surface area contributed by atoms with Crippen LogP contribution in [0.15, 0.2) is 18.5 Å². The molecule has 16 heavy (non-hydrogen) atoms. The van der Waals surface area contributed by atoms with Crippen LogP contribution < -0.4 is 4.90 Å². The second kappa shape index (κ2) is 5.30. The molecule has 3 nitrogen and oxygen atoms in total. The van der Waals surface area contributed by atoms with E-state index in [9.17, 15) is 5.11 Å². The number of pyridine rings is 1. The molecule has 1 aromatic rings. The fourth-order valence-electron chi connectivity index (χ4n) is 2.04. The molecule has 1 heterocycles. The van der Waals surface area contributed by atoms with Crippen molar-refractivity contribution in [3.63, 3.8) is 0 Å². The summed E-state index contributed by atoms with van der Waals surface area (Å²) in [7, 11) is 0. The highest BCUT2D eigenvalue weighted by Crippen LogP contribution is 2.32. The molecule has 0 unspecified atom stereocenters. The van der Waals surface area contributed by atoms with Gasteiger partial charge in [-0.15, -0.1) is 0 Å². The molecular weight excluding hydrogens is 200 g/mol. The molecule has 0 aromatic carbocycles. The van der Waals surface area contributed by atoms with E-state index in [1.54, 1.807) is 6.20 Å². The van der Waals surface area contributed by atoms with Crippen LogP contribution in [0.4, 0.5) is 5.69 Å². The van der Waals surface area contributed by atoms with Crippen molar-refractivity contribution in [1.82, 2.24) is 4.98 Å². The second-order valence-electron chi connectivity index (χ2n) is 4.55. The topological polar surface area (TPSA) is 36.4 Å². The SMILES string of the molecule is CCCN(CC1CC1)c1ccncc1CO. The van der Waals surface area contributed by atoms with Gasteiger partial charge >= 0.3 is 0 Å². The minimum Gasteiger partial charge on any atom is -0.392 e. The van der Waals surface area contributed by atoms with Crippen molar-refractivity contribution < 1.29 is 5.11 Å². The average molecular weight is 220 g/mol. The predicted molar refractivity (Wildman–Crippen MR) is 65.4 cm³/mol. The van der Waals surface area contributed by atoms with E-state index in [0.717, 1.165) is 36.7 Å². The van der Waals surface area contributed by atoms with Crippen LogP contribution in [0, 0.1) is 5.92 Å². The Morgan fingerprint density at radius 1 is 1.50 bits per heavy atom. The lowest BCUT2D eigenvalue weighted by molar-refractivity contribution is 0.281. The number of hydrogen-bond acceptors (Lipinski definition) is 3. The van der Waals surface area contributed by atoms with Gasteiger partial charge in [0.05, 0.1) is 6.61 Å². The molecule has 0 radical (unpaired) electrons. The van der Waals surface area contributed by atoms with E-state index >= 15 is 0 Å². The van der Waals surface area contributed by atoms with Crippen molar-refractivity contribution in [1.29, 1.82) is 0 Å². The van der Waals surface area contributed by atoms with Crippen LogP contribution in [0.5, 0.6) is 0 Å². The molecular formula is C13H20N2O. The van der Waals surface area contributed by atoms with E-state index in [0.29, 0.717) is 0 Å². The Hall–Kier alpha value is -1.09. The van der Waals surface area contributed by atoms with Crippen LogP contribution in [0.25, 0.3) is 0 Å². The van der Waals surface area contributed by atoms with Gasteiger partial charge in [-0.05, 0) is 31.2 Å². The fraction of sp³-hybridized carbons (Fsp3) is 0.615. The maximum Gasteiger partial charge on any atom is 0.0717 e. The number of rotatable bonds is 6. The minimum atomic E-state index is 0.0774. The predicted octanol–water partition coefficient (Wildman–Crippen LogP) is 2.20. The number of anilines is 1. The third-order valence-corrected chi connectivity index (χ3v) is 3.06. The zero-order valence-corrected chi connectivity index (χ0v) is 9.89. The summed E-state index contributed by atoms with van der Waals surface area (Å²) in [5.41, 5.74) is 2.10. The first-order valence-electron chi connectivity index (χ1n) is 6.13. The largest absolute Gasteiger partial charge is 0.392 e. The number of hydrogen-bond donors (Lipinski definition) is 1. The zero-order chi connectivity index (χ0) is 11.4. The Labute approximate surface area is 97.1 Å². The summed E-state index contributed by atoms with van der Waals surface area (Å²) in [5, 5.41) is 9.32. The molecule has 0 amide bonds. The van der Waals surface area contributed by atoms with Crippen molar-refractivity contribution in [2.24, 2.45) is 5.92 Å². The monoisotopic (exact) mass is 220 g/mol. The third kappa shape index (κ3) is 2.73. The minimum absolute atomic E-state index is 0.0774. The van der Waals surface area contributed by atoms with Gasteiger partial charge in [0.25, 0.3) is 0 Å². The normalized spacial score (nSPS) is 15.1. The van der Waals surface area contributed by atoms with E-state index in [1.165, 1.54) is 12.8 Å². The molecule has 1 fully saturated rings. The van der Waals surface area contributed by atoms with E-state index in [2.05, 4.69) is 16.8 Å². The van der Waals surface area contributed by atoms with Gasteiger partial charge in [-0.2, -0.15) is 0 Å². The average Bonchev–Trinajstić information content (AvgIpc) is 3.12. The lowest BCUT2D eigenvalue weighted by Crippen LogP contribution is -2.27. The van der Waals surface area contributed by atoms with Crippen molar-refractivity contribution in [3.05, 3.63) is 24.0 Å². The summed E-state index contributed by atoms with van der Waals surface area (Å²) in [6.45, 7) is 4.46. The molecule has 1 aromatic heterocycles. The number of aliphatic hydroxyl groups excluding tert-OH is 1. The van der Waals surface area contributed by atoms with Crippen LogP contribution in [0.3, 0.4) is 0 Å². The van der Waals surface area contributed by atoms with Gasteiger partial charge in [-0.1, -0.05) is 6.92 Å². The molecule has 0 aliphatic heterocycles. The van der Waals surface area contributed by atoms with Gasteiger partial charge in [0, 0.05) is 36.7 Å². The molecule has 1 saturated carbocycles. The van der Waals surface area contributed by atoms with Crippen molar-refractivity contribution in [3.8, 4) is 0 Å². The first kappa shape index (κ1) is 11.4. The van der Waals surface area contributed by atoms with Crippen LogP contribution in [0.1, 0.15) is 31.7 Å². The third-order valence-electron chi connectivity index (χ3n) is 3.06. The van der Waals surface area contributed by atoms with Crippen LogP contribution in [-0.4, -0.2) is 23.2 Å². The Morgan fingerprint density at radius 3 is 2.94 bits per heavy atom. The Morgan fingerprint density at radius 2 is 2.31 bits per heavy atom. The Kier molecular flexibility index (Phi) is 3.78. The van der Waals surface area contributed by atoms with Crippen LogP contribution in [0.2, 0.25) is 0 Å². The molecule has 1 aliphatic carbocycles. The summed E-state index contributed by atoms with van der Waals surface area (Å²) in [6, 6.07) is 2.02. The maximum atomic E-state index is 9.32. The van der Waals surface area contributed by atoms with Crippen molar-refractivity contribution >= 4 is 5.69 Å². The lowest BCUT2D eigenvalue weighted by Gasteiger charge is -2.26. The first-order chi connectivity index (χ1) is 7.85. The van der Waals surface area contributed by atoms with Crippen molar-refractivity contribution in [2.45, 2.75) is 32.8 Å². The fourth-order valence-corrected chi connectivity index (χ4v) is 2.04. The van der Waals surface area contributed by atoms with Gasteiger partial charge in [-0.3, -0.25) is 4.98 Å². The molecule has 0 spiro atoms. The van der Waals surface area contributed by atoms with E-state index in [1.807, 2.05) is 12.3 Å². The molecule has 88 valence electrons. The standard InChI is InChI=1S/C13H20N2O/c1-2-7-15(9-11-3-4-11)13-5-6-14-8-12(13)10-16/h5-6,8,11,16H,2-4,7,9-10H2,1H3. The van der Waals surface area contributed by atoms with Gasteiger partial charge in [0.1, 0.15) is 0 Å². The van der Waals surface area contributed by atoms with E-state index in [-0.39, 0.29) is 6.61 Å². The maximum absolute atomic E-state index is 9.32. The summed E-state index contributed by atoms with van der Waals surface area (Å²) in [5.74, 6) is 0.867. The molecule has 0 saturated heterocycles. The lowest BCUT2D eigenvalue weighted by atomic mass is 10.2. The molecule has 2 rings (SSSR count). The smallest absolute Gasteiger partial charge is 0.0717 e. The quantitative estimate of drug-likeness (QED) is 0.798. The van der Waals surface area contributed by atoms with Crippen LogP contribution in [-0.2, 0) is 6.61 Å². The Bertz CT molecular complexity index is 336. The molecule has 1 aliphatic rings. The number of aliphatic hydroxyl groups is 1. The van der Waals surface area contributed by atoms with Crippen LogP contribution >= 0.6 is 0 Å². The summed E-state index contributed by atoms with van der Waals surface area (Å²) in [6.07, 6.45) is 7.44. The summed E-state index contributed by atoms with van der Waals surface area (Å²) < 4.78 is 0. The second-order valence-corrected chi connectivity index (χ2v) is 4.55. The van der Waals surface area contributed by atoms with E-state index < -0.39 is 0 Å². The number of nitrogens with zero attached hydrogens (tertiary/aromatic N) is 2. The summed E-state index contributed by atoms with van der Waals surface area (Å²) >= 11 is 0. The molecule has 1 N–H and O–H groups in total. The van der Waals surface area contributed by atoms with Gasteiger partial charge < -0.3 is 10.0 Å². The highest BCUT2D eigenvalue weighted by Gasteiger charge is 2.24. The highest BCUT2D eigenvalue weighted by atomic mass is 16.3. The molecule has 3 heteroatoms.